The fraction of sp³-hybridized carbons (Fsp3) is 1.00. The second-order valence-electron chi connectivity index (χ2n) is 4.96. The van der Waals surface area contributed by atoms with Crippen molar-refractivity contribution in [1.29, 1.82) is 0 Å². The second kappa shape index (κ2) is 4.33. The van der Waals surface area contributed by atoms with E-state index in [0.717, 1.165) is 18.1 Å². The Kier molecular flexibility index (Phi) is 3.29. The predicted molar refractivity (Wildman–Crippen MR) is 59.5 cm³/mol. The van der Waals surface area contributed by atoms with Crippen molar-refractivity contribution in [3.63, 3.8) is 0 Å². The zero-order valence-electron chi connectivity index (χ0n) is 9.42. The van der Waals surface area contributed by atoms with Crippen molar-refractivity contribution in [2.75, 3.05) is 13.7 Å². The highest BCUT2D eigenvalue weighted by molar-refractivity contribution is 6.67. The van der Waals surface area contributed by atoms with Crippen molar-refractivity contribution in [1.82, 2.24) is 0 Å². The highest BCUT2D eigenvalue weighted by Crippen LogP contribution is 2.40. The van der Waals surface area contributed by atoms with Gasteiger partial charge >= 0.3 is 8.56 Å². The first-order valence-corrected chi connectivity index (χ1v) is 8.33. The van der Waals surface area contributed by atoms with Crippen LogP contribution in [-0.2, 0) is 8.85 Å². The quantitative estimate of drug-likeness (QED) is 0.655. The Morgan fingerprint density at radius 1 is 1.14 bits per heavy atom. The van der Waals surface area contributed by atoms with E-state index in [1.165, 1.54) is 38.5 Å². The lowest BCUT2D eigenvalue weighted by atomic mass is 10.4. The summed E-state index contributed by atoms with van der Waals surface area (Å²) in [7, 11) is 0.0316. The molecule has 3 heteroatoms. The summed E-state index contributed by atoms with van der Waals surface area (Å²) < 4.78 is 11.8. The van der Waals surface area contributed by atoms with Crippen LogP contribution in [-0.4, -0.2) is 22.3 Å². The normalized spacial score (nSPS) is 27.9. The van der Waals surface area contributed by atoms with E-state index in [2.05, 4.69) is 6.55 Å². The maximum Gasteiger partial charge on any atom is 0.337 e. The summed E-state index contributed by atoms with van der Waals surface area (Å²) >= 11 is 0. The van der Waals surface area contributed by atoms with Crippen LogP contribution >= 0.6 is 0 Å². The SMILES string of the molecule is CO[Si](C)(OCC1CC1)C1CCCC1. The zero-order valence-corrected chi connectivity index (χ0v) is 10.4. The lowest BCUT2D eigenvalue weighted by molar-refractivity contribution is 0.185. The van der Waals surface area contributed by atoms with Crippen molar-refractivity contribution in [2.45, 2.75) is 50.6 Å². The monoisotopic (exact) mass is 214 g/mol. The Bertz CT molecular complexity index is 188. The summed E-state index contributed by atoms with van der Waals surface area (Å²) in [6.45, 7) is 3.22. The van der Waals surface area contributed by atoms with Crippen LogP contribution in [0.5, 0.6) is 0 Å². The molecule has 0 bridgehead atoms. The van der Waals surface area contributed by atoms with Crippen LogP contribution < -0.4 is 0 Å². The van der Waals surface area contributed by atoms with Crippen LogP contribution in [0.1, 0.15) is 38.5 Å². The lowest BCUT2D eigenvalue weighted by Gasteiger charge is -2.30. The molecule has 0 radical (unpaired) electrons. The van der Waals surface area contributed by atoms with E-state index in [0.29, 0.717) is 0 Å². The summed E-state index contributed by atoms with van der Waals surface area (Å²) in [6, 6.07) is 0. The minimum absolute atomic E-state index is 0.756. The molecule has 0 aromatic rings. The molecule has 0 amide bonds. The first kappa shape index (κ1) is 10.6. The van der Waals surface area contributed by atoms with Gasteiger partial charge in [0.2, 0.25) is 0 Å². The smallest absolute Gasteiger partial charge is 0.337 e. The molecule has 0 N–H and O–H groups in total. The predicted octanol–water partition coefficient (Wildman–Crippen LogP) is 3.08. The highest BCUT2D eigenvalue weighted by Gasteiger charge is 2.42. The molecule has 0 spiro atoms. The molecule has 2 aliphatic rings. The van der Waals surface area contributed by atoms with Crippen molar-refractivity contribution < 1.29 is 8.85 Å². The molecule has 1 unspecified atom stereocenters. The van der Waals surface area contributed by atoms with Gasteiger partial charge in [0, 0.05) is 19.3 Å². The van der Waals surface area contributed by atoms with Crippen molar-refractivity contribution in [3.05, 3.63) is 0 Å². The molecule has 82 valence electrons. The molecule has 0 aromatic heterocycles. The molecule has 0 aromatic carbocycles. The minimum atomic E-state index is -1.81. The Balaban J connectivity index is 1.85. The summed E-state index contributed by atoms with van der Waals surface area (Å²) in [5.41, 5.74) is 0.756. The molecule has 2 nitrogen and oxygen atoms in total. The fourth-order valence-corrected chi connectivity index (χ4v) is 5.07. The first-order valence-electron chi connectivity index (χ1n) is 5.94. The molecule has 0 saturated heterocycles. The molecular formula is C11H22O2Si. The number of rotatable bonds is 5. The van der Waals surface area contributed by atoms with Gasteiger partial charge in [-0.2, -0.15) is 0 Å². The van der Waals surface area contributed by atoms with Gasteiger partial charge in [0.1, 0.15) is 0 Å². The third kappa shape index (κ3) is 2.38. The molecule has 2 aliphatic carbocycles. The Hall–Kier alpha value is 0.137. The fourth-order valence-electron chi connectivity index (χ4n) is 2.36. The molecular weight excluding hydrogens is 192 g/mol. The molecule has 14 heavy (non-hydrogen) atoms. The molecule has 2 saturated carbocycles. The van der Waals surface area contributed by atoms with Crippen LogP contribution in [0.2, 0.25) is 12.1 Å². The lowest BCUT2D eigenvalue weighted by Crippen LogP contribution is -2.42. The minimum Gasteiger partial charge on any atom is -0.398 e. The van der Waals surface area contributed by atoms with Crippen LogP contribution in [0.4, 0.5) is 0 Å². The van der Waals surface area contributed by atoms with Crippen LogP contribution in [0.15, 0.2) is 0 Å². The largest absolute Gasteiger partial charge is 0.398 e. The van der Waals surface area contributed by atoms with E-state index in [4.69, 9.17) is 8.85 Å². The van der Waals surface area contributed by atoms with Gasteiger partial charge in [-0.3, -0.25) is 0 Å². The molecule has 2 rings (SSSR count). The van der Waals surface area contributed by atoms with E-state index >= 15 is 0 Å². The van der Waals surface area contributed by atoms with Crippen LogP contribution in [0, 0.1) is 5.92 Å². The molecule has 0 aliphatic heterocycles. The van der Waals surface area contributed by atoms with E-state index < -0.39 is 8.56 Å². The summed E-state index contributed by atoms with van der Waals surface area (Å²) in [4.78, 5) is 0. The zero-order chi connectivity index (χ0) is 10.0. The third-order valence-electron chi connectivity index (χ3n) is 3.80. The topological polar surface area (TPSA) is 18.5 Å². The van der Waals surface area contributed by atoms with E-state index in [1.54, 1.807) is 0 Å². The van der Waals surface area contributed by atoms with Gasteiger partial charge in [0.15, 0.2) is 0 Å². The average molecular weight is 214 g/mol. The maximum absolute atomic E-state index is 6.10. The van der Waals surface area contributed by atoms with E-state index in [9.17, 15) is 0 Å². The standard InChI is InChI=1S/C11H22O2Si/c1-12-14(2,11-5-3-4-6-11)13-9-10-7-8-10/h10-11H,3-9H2,1-2H3. The molecule has 0 heterocycles. The number of hydrogen-bond acceptors (Lipinski definition) is 2. The Morgan fingerprint density at radius 2 is 1.79 bits per heavy atom. The summed E-state index contributed by atoms with van der Waals surface area (Å²) in [6.07, 6.45) is 8.17. The summed E-state index contributed by atoms with van der Waals surface area (Å²) in [5.74, 6) is 0.860. The highest BCUT2D eigenvalue weighted by atomic mass is 28.4. The van der Waals surface area contributed by atoms with Gasteiger partial charge in [-0.25, -0.2) is 0 Å². The number of hydrogen-bond donors (Lipinski definition) is 0. The van der Waals surface area contributed by atoms with Gasteiger partial charge in [-0.1, -0.05) is 12.8 Å². The van der Waals surface area contributed by atoms with Crippen molar-refractivity contribution >= 4 is 8.56 Å². The van der Waals surface area contributed by atoms with Crippen LogP contribution in [0.3, 0.4) is 0 Å². The second-order valence-corrected chi connectivity index (χ2v) is 8.50. The Morgan fingerprint density at radius 3 is 2.29 bits per heavy atom. The van der Waals surface area contributed by atoms with Gasteiger partial charge in [-0.15, -0.1) is 0 Å². The van der Waals surface area contributed by atoms with E-state index in [-0.39, 0.29) is 0 Å². The Labute approximate surface area is 88.2 Å². The van der Waals surface area contributed by atoms with Crippen molar-refractivity contribution in [3.8, 4) is 0 Å². The van der Waals surface area contributed by atoms with Gasteiger partial charge in [0.05, 0.1) is 0 Å². The van der Waals surface area contributed by atoms with E-state index in [1.807, 2.05) is 7.11 Å². The van der Waals surface area contributed by atoms with Crippen molar-refractivity contribution in [2.24, 2.45) is 5.92 Å². The van der Waals surface area contributed by atoms with Gasteiger partial charge in [-0.05, 0) is 38.1 Å². The third-order valence-corrected chi connectivity index (χ3v) is 7.42. The molecule has 2 fully saturated rings. The summed E-state index contributed by atoms with van der Waals surface area (Å²) in [5, 5.41) is 0. The first-order chi connectivity index (χ1) is 6.74. The van der Waals surface area contributed by atoms with Gasteiger partial charge < -0.3 is 8.85 Å². The molecule has 1 atom stereocenters. The van der Waals surface area contributed by atoms with Crippen LogP contribution in [0.25, 0.3) is 0 Å². The average Bonchev–Trinajstić information content (AvgIpc) is 2.87. The van der Waals surface area contributed by atoms with Gasteiger partial charge in [0.25, 0.3) is 0 Å². The maximum atomic E-state index is 6.10.